The molecule has 0 aliphatic carbocycles. The van der Waals surface area contributed by atoms with E-state index in [9.17, 15) is 0 Å². The van der Waals surface area contributed by atoms with Gasteiger partial charge in [0.15, 0.2) is 5.82 Å². The van der Waals surface area contributed by atoms with Crippen LogP contribution in [0.25, 0.3) is 0 Å². The summed E-state index contributed by atoms with van der Waals surface area (Å²) in [5.41, 5.74) is 1.99. The van der Waals surface area contributed by atoms with Crippen molar-refractivity contribution in [1.29, 1.82) is 0 Å². The minimum atomic E-state index is -0.0914. The molecule has 1 unspecified atom stereocenters. The monoisotopic (exact) mass is 279 g/mol. The molecule has 0 aliphatic heterocycles. The highest BCUT2D eigenvalue weighted by atomic mass is 16.5. The fourth-order valence-corrected chi connectivity index (χ4v) is 2.20. The molecule has 1 rings (SSSR count). The van der Waals surface area contributed by atoms with Crippen molar-refractivity contribution in [3.8, 4) is 0 Å². The zero-order valence-corrected chi connectivity index (χ0v) is 13.9. The summed E-state index contributed by atoms with van der Waals surface area (Å²) >= 11 is 0. The van der Waals surface area contributed by atoms with Gasteiger partial charge >= 0.3 is 0 Å². The molecule has 4 heteroatoms. The molecule has 0 aliphatic rings. The number of hydrogen-bond donors (Lipinski definition) is 1. The van der Waals surface area contributed by atoms with Gasteiger partial charge in [-0.3, -0.25) is 0 Å². The van der Waals surface area contributed by atoms with Crippen LogP contribution in [-0.2, 0) is 11.3 Å². The fraction of sp³-hybridized carbons (Fsp3) is 0.750. The van der Waals surface area contributed by atoms with E-state index in [2.05, 4.69) is 49.9 Å². The number of methoxy groups -OCH3 is 1. The van der Waals surface area contributed by atoms with Gasteiger partial charge in [0.1, 0.15) is 6.10 Å². The Bertz CT molecular complexity index is 424. The molecule has 0 amide bonds. The van der Waals surface area contributed by atoms with Gasteiger partial charge in [-0.1, -0.05) is 34.6 Å². The number of aromatic nitrogens is 2. The Morgan fingerprint density at radius 3 is 2.40 bits per heavy atom. The summed E-state index contributed by atoms with van der Waals surface area (Å²) in [7, 11) is 1.72. The zero-order chi connectivity index (χ0) is 15.3. The maximum absolute atomic E-state index is 5.61. The smallest absolute Gasteiger partial charge is 0.158 e. The fourth-order valence-electron chi connectivity index (χ4n) is 2.20. The number of aryl methyl sites for hydroxylation is 1. The van der Waals surface area contributed by atoms with Crippen LogP contribution in [0.4, 0.5) is 0 Å². The van der Waals surface area contributed by atoms with Crippen molar-refractivity contribution in [3.05, 3.63) is 23.3 Å². The molecule has 0 radical (unpaired) electrons. The SMILES string of the molecule is COC(c1nc(C)cc(CNCC(C)C)n1)C(C)(C)C. The third-order valence-electron chi connectivity index (χ3n) is 3.04. The molecule has 4 nitrogen and oxygen atoms in total. The Balaban J connectivity index is 2.90. The van der Waals surface area contributed by atoms with Gasteiger partial charge in [-0.05, 0) is 30.9 Å². The van der Waals surface area contributed by atoms with E-state index in [0.717, 1.165) is 30.3 Å². The molecule has 1 N–H and O–H groups in total. The highest BCUT2D eigenvalue weighted by Crippen LogP contribution is 2.33. The van der Waals surface area contributed by atoms with Crippen molar-refractivity contribution in [2.75, 3.05) is 13.7 Å². The van der Waals surface area contributed by atoms with Crippen molar-refractivity contribution < 1.29 is 4.74 Å². The molecule has 0 bridgehead atoms. The highest BCUT2D eigenvalue weighted by molar-refractivity contribution is 5.12. The molecule has 20 heavy (non-hydrogen) atoms. The van der Waals surface area contributed by atoms with Crippen LogP contribution in [0, 0.1) is 18.3 Å². The van der Waals surface area contributed by atoms with Crippen molar-refractivity contribution in [3.63, 3.8) is 0 Å². The van der Waals surface area contributed by atoms with Crippen LogP contribution in [0.1, 0.15) is 57.9 Å². The van der Waals surface area contributed by atoms with Crippen LogP contribution in [0.3, 0.4) is 0 Å². The van der Waals surface area contributed by atoms with Crippen LogP contribution in [-0.4, -0.2) is 23.6 Å². The molecule has 0 spiro atoms. The normalized spacial score (nSPS) is 13.8. The van der Waals surface area contributed by atoms with E-state index < -0.39 is 0 Å². The van der Waals surface area contributed by atoms with Gasteiger partial charge in [-0.15, -0.1) is 0 Å². The highest BCUT2D eigenvalue weighted by Gasteiger charge is 2.29. The predicted molar refractivity (Wildman–Crippen MR) is 82.5 cm³/mol. The molecular formula is C16H29N3O. The van der Waals surface area contributed by atoms with Gasteiger partial charge in [0, 0.05) is 19.3 Å². The number of nitrogens with one attached hydrogen (secondary N) is 1. The van der Waals surface area contributed by atoms with Gasteiger partial charge in [0.25, 0.3) is 0 Å². The summed E-state index contributed by atoms with van der Waals surface area (Å²) in [6.45, 7) is 14.6. The Hall–Kier alpha value is -1.00. The van der Waals surface area contributed by atoms with Gasteiger partial charge < -0.3 is 10.1 Å². The first-order valence-electron chi connectivity index (χ1n) is 7.32. The lowest BCUT2D eigenvalue weighted by Crippen LogP contribution is -2.24. The van der Waals surface area contributed by atoms with Gasteiger partial charge in [0.05, 0.1) is 5.69 Å². The number of ether oxygens (including phenoxy) is 1. The predicted octanol–water partition coefficient (Wildman–Crippen LogP) is 3.26. The Labute approximate surface area is 123 Å². The van der Waals surface area contributed by atoms with E-state index in [1.807, 2.05) is 13.0 Å². The molecule has 1 heterocycles. The second kappa shape index (κ2) is 7.14. The lowest BCUT2D eigenvalue weighted by atomic mass is 9.88. The first-order chi connectivity index (χ1) is 9.24. The maximum atomic E-state index is 5.61. The summed E-state index contributed by atoms with van der Waals surface area (Å²) in [5.74, 6) is 1.42. The van der Waals surface area contributed by atoms with Crippen molar-refractivity contribution in [2.45, 2.75) is 54.2 Å². The minimum absolute atomic E-state index is 0.0226. The Morgan fingerprint density at radius 2 is 1.90 bits per heavy atom. The van der Waals surface area contributed by atoms with Crippen LogP contribution in [0.2, 0.25) is 0 Å². The average Bonchev–Trinajstić information content (AvgIpc) is 2.26. The van der Waals surface area contributed by atoms with E-state index in [4.69, 9.17) is 4.74 Å². The van der Waals surface area contributed by atoms with E-state index in [1.54, 1.807) is 7.11 Å². The van der Waals surface area contributed by atoms with Crippen LogP contribution < -0.4 is 5.32 Å². The summed E-state index contributed by atoms with van der Waals surface area (Å²) in [6, 6.07) is 2.03. The third kappa shape index (κ3) is 5.17. The number of hydrogen-bond acceptors (Lipinski definition) is 4. The van der Waals surface area contributed by atoms with Crippen molar-refractivity contribution in [2.24, 2.45) is 11.3 Å². The van der Waals surface area contributed by atoms with Crippen LogP contribution in [0.5, 0.6) is 0 Å². The standard InChI is InChI=1S/C16H29N3O/c1-11(2)9-17-10-13-8-12(3)18-15(19-13)14(20-7)16(4,5)6/h8,11,14,17H,9-10H2,1-7H3. The summed E-state index contributed by atoms with van der Waals surface area (Å²) in [4.78, 5) is 9.22. The largest absolute Gasteiger partial charge is 0.373 e. The Morgan fingerprint density at radius 1 is 1.25 bits per heavy atom. The van der Waals surface area contributed by atoms with Gasteiger partial charge in [-0.25, -0.2) is 9.97 Å². The molecule has 114 valence electrons. The summed E-state index contributed by atoms with van der Waals surface area (Å²) in [6.07, 6.45) is -0.0914. The average molecular weight is 279 g/mol. The van der Waals surface area contributed by atoms with Crippen LogP contribution >= 0.6 is 0 Å². The summed E-state index contributed by atoms with van der Waals surface area (Å²) in [5, 5.41) is 3.42. The molecule has 1 atom stereocenters. The quantitative estimate of drug-likeness (QED) is 0.868. The molecular weight excluding hydrogens is 250 g/mol. The first-order valence-corrected chi connectivity index (χ1v) is 7.32. The Kier molecular flexibility index (Phi) is 6.08. The van der Waals surface area contributed by atoms with E-state index in [1.165, 1.54) is 0 Å². The molecule has 1 aromatic rings. The minimum Gasteiger partial charge on any atom is -0.373 e. The zero-order valence-electron chi connectivity index (χ0n) is 13.9. The maximum Gasteiger partial charge on any atom is 0.158 e. The first kappa shape index (κ1) is 17.1. The summed E-state index contributed by atoms with van der Waals surface area (Å²) < 4.78 is 5.61. The number of rotatable bonds is 6. The van der Waals surface area contributed by atoms with Crippen molar-refractivity contribution in [1.82, 2.24) is 15.3 Å². The third-order valence-corrected chi connectivity index (χ3v) is 3.04. The molecule has 0 aromatic carbocycles. The lowest BCUT2D eigenvalue weighted by Gasteiger charge is -2.28. The molecule has 0 saturated heterocycles. The van der Waals surface area contributed by atoms with Gasteiger partial charge in [-0.2, -0.15) is 0 Å². The van der Waals surface area contributed by atoms with E-state index in [0.29, 0.717) is 5.92 Å². The topological polar surface area (TPSA) is 47.0 Å². The molecule has 0 saturated carbocycles. The molecule has 0 fully saturated rings. The van der Waals surface area contributed by atoms with Crippen LogP contribution in [0.15, 0.2) is 6.07 Å². The second-order valence-electron chi connectivity index (χ2n) is 6.87. The van der Waals surface area contributed by atoms with Gasteiger partial charge in [0.2, 0.25) is 0 Å². The van der Waals surface area contributed by atoms with Crippen molar-refractivity contribution >= 4 is 0 Å². The lowest BCUT2D eigenvalue weighted by molar-refractivity contribution is 0.00838. The van der Waals surface area contributed by atoms with E-state index in [-0.39, 0.29) is 11.5 Å². The van der Waals surface area contributed by atoms with E-state index >= 15 is 0 Å². The number of nitrogens with zero attached hydrogens (tertiary/aromatic N) is 2. The molecule has 1 aromatic heterocycles. The second-order valence-corrected chi connectivity index (χ2v) is 6.87.